The van der Waals surface area contributed by atoms with Crippen LogP contribution in [0.2, 0.25) is 0 Å². The molecule has 12 aromatic heterocycles. The van der Waals surface area contributed by atoms with Crippen molar-refractivity contribution in [3.63, 3.8) is 0 Å². The number of nitrogens with zero attached hydrogens (tertiary/aromatic N) is 12. The molecule has 3 aliphatic heterocycles. The molecule has 0 saturated carbocycles. The van der Waals surface area contributed by atoms with E-state index in [4.69, 9.17) is 23.7 Å². The van der Waals surface area contributed by atoms with E-state index in [0.29, 0.717) is 138 Å². The van der Waals surface area contributed by atoms with E-state index in [2.05, 4.69) is 70.3 Å². The minimum atomic E-state index is -4.25. The molecule has 1 unspecified atom stereocenters. The number of carbonyl (C=O) groups excluding carboxylic acids is 3. The number of pyridine rings is 9. The first-order valence-electron chi connectivity index (χ1n) is 44.0. The Morgan fingerprint density at radius 3 is 0.919 bits per heavy atom. The standard InChI is InChI=1S/C32H38F3N7O3.2C32H37F3N6O4/c1-19-14-27(45-5)25(31(44)39-19)17-38-30(43)24-16-26-23(22-6-8-37-28(15-22)36-4)7-9-42(26)29(20(24)2)21(3)41-12-10-40(11-13-41)18-32(33,34)35;2*1-19-14-27(44-4)25(31(43)38-19)17-37-30(42)24-16-26-23(22-6-8-36-28(15-22)45-5)7-9-41(26)29(20(24)2)21(3)40-12-10-39(11-13-40)18-32(33,34)35/h6-9,14-16,21H,10-13,17-18H2,1-5H3,(H,36,37)(H,38,43)(H,39,44);2*6-9,14-16,21H,10-13,17-18H2,1-5H3,(H,37,42)(H,38,43)/t;2*21-/m.10/s1. The molecule has 39 heteroatoms. The largest absolute Gasteiger partial charge is 0.496 e. The van der Waals surface area contributed by atoms with Crippen LogP contribution in [-0.2, 0) is 19.6 Å². The summed E-state index contributed by atoms with van der Waals surface area (Å²) in [6.45, 7) is 18.4. The van der Waals surface area contributed by atoms with E-state index in [-0.39, 0.29) is 98.3 Å². The number of nitrogens with one attached hydrogen (secondary N) is 7. The number of anilines is 1. The molecule has 0 bridgehead atoms. The summed E-state index contributed by atoms with van der Waals surface area (Å²) in [6.07, 6.45) is -1.89. The minimum Gasteiger partial charge on any atom is -0.496 e. The van der Waals surface area contributed by atoms with Gasteiger partial charge in [0.05, 0.1) is 108 Å². The van der Waals surface area contributed by atoms with Gasteiger partial charge >= 0.3 is 18.5 Å². The zero-order valence-electron chi connectivity index (χ0n) is 77.8. The van der Waals surface area contributed by atoms with Crippen LogP contribution in [0.15, 0.2) is 143 Å². The van der Waals surface area contributed by atoms with Gasteiger partial charge in [-0.25, -0.2) is 15.0 Å². The number of hydrogen-bond acceptors (Lipinski definition) is 21. The molecule has 3 atom stereocenters. The Morgan fingerprint density at radius 2 is 0.659 bits per heavy atom. The van der Waals surface area contributed by atoms with Gasteiger partial charge in [0.2, 0.25) is 11.8 Å². The van der Waals surface area contributed by atoms with Gasteiger partial charge in [-0.1, -0.05) is 0 Å². The summed E-state index contributed by atoms with van der Waals surface area (Å²) >= 11 is 0. The maximum atomic E-state index is 13.8. The zero-order valence-corrected chi connectivity index (χ0v) is 77.8. The lowest BCUT2D eigenvalue weighted by atomic mass is 9.99. The van der Waals surface area contributed by atoms with Gasteiger partial charge in [-0.2, -0.15) is 39.5 Å². The van der Waals surface area contributed by atoms with Crippen LogP contribution in [0.4, 0.5) is 45.3 Å². The van der Waals surface area contributed by atoms with E-state index < -0.39 is 38.2 Å². The summed E-state index contributed by atoms with van der Waals surface area (Å²) in [5.74, 6) is 1.61. The molecule has 720 valence electrons. The van der Waals surface area contributed by atoms with E-state index in [1.807, 2.05) is 142 Å². The lowest BCUT2D eigenvalue weighted by Crippen LogP contribution is -2.49. The molecular formula is C96H112F9N19O11. The summed E-state index contributed by atoms with van der Waals surface area (Å²) < 4.78 is 150. The van der Waals surface area contributed by atoms with Crippen LogP contribution in [-0.4, -0.2) is 250 Å². The second kappa shape index (κ2) is 42.2. The zero-order chi connectivity index (χ0) is 97.4. The van der Waals surface area contributed by atoms with Gasteiger partial charge in [-0.05, 0) is 175 Å². The monoisotopic (exact) mass is 1880 g/mol. The van der Waals surface area contributed by atoms with Crippen molar-refractivity contribution in [2.75, 3.05) is 146 Å². The van der Waals surface area contributed by atoms with Gasteiger partial charge < -0.3 is 73.1 Å². The number of piperazine rings is 3. The SMILES string of the molecule is CNc1cc(-c2ccn3c(C(C)N4CCN(CC(F)(F)F)CC4)c(C)c(C(=O)NCc4c(OC)cc(C)[nH]c4=O)cc23)ccn1.COc1cc(-c2ccn3c([C@@H](C)N4CCN(CC(F)(F)F)CC4)c(C)c(C(=O)NCc4c(OC)cc(C)[nH]c4=O)cc23)ccn1.COc1cc(-c2ccn3c([C@H](C)N4CCN(CC(F)(F)F)CC4)c(C)c(C(=O)NCc4c(OC)cc(C)[nH]c4=O)cc23)ccn1. The number of H-pyrrole nitrogens is 3. The average Bonchev–Trinajstić information content (AvgIpc) is 1.57. The number of aromatic nitrogens is 9. The molecule has 30 nitrogen and oxygen atoms in total. The Labute approximate surface area is 773 Å². The van der Waals surface area contributed by atoms with Crippen LogP contribution in [0.1, 0.15) is 138 Å². The van der Waals surface area contributed by atoms with Crippen LogP contribution >= 0.6 is 0 Å². The molecule has 135 heavy (non-hydrogen) atoms. The number of rotatable bonds is 27. The predicted octanol–water partition coefficient (Wildman–Crippen LogP) is 13.5. The van der Waals surface area contributed by atoms with E-state index in [1.54, 1.807) is 64.6 Å². The van der Waals surface area contributed by atoms with Gasteiger partial charge in [0.25, 0.3) is 34.4 Å². The molecular weight excluding hydrogens is 1770 g/mol. The second-order valence-electron chi connectivity index (χ2n) is 33.9. The van der Waals surface area contributed by atoms with Gasteiger partial charge in [0.1, 0.15) is 23.1 Å². The topological polar surface area (TPSA) is 315 Å². The first-order valence-corrected chi connectivity index (χ1v) is 44.0. The van der Waals surface area contributed by atoms with Crippen molar-refractivity contribution in [1.29, 1.82) is 0 Å². The molecule has 0 radical (unpaired) electrons. The highest BCUT2D eigenvalue weighted by atomic mass is 19.4. The first kappa shape index (κ1) is 99.4. The third-order valence-electron chi connectivity index (χ3n) is 25.2. The smallest absolute Gasteiger partial charge is 0.401 e. The van der Waals surface area contributed by atoms with E-state index in [0.717, 1.165) is 83.7 Å². The van der Waals surface area contributed by atoms with Crippen LogP contribution in [0.25, 0.3) is 49.9 Å². The Bertz CT molecular complexity index is 5890. The minimum absolute atomic E-state index is 0.0436. The summed E-state index contributed by atoms with van der Waals surface area (Å²) in [4.78, 5) is 111. The van der Waals surface area contributed by atoms with Crippen LogP contribution < -0.4 is 61.6 Å². The van der Waals surface area contributed by atoms with E-state index >= 15 is 0 Å². The van der Waals surface area contributed by atoms with Crippen molar-refractivity contribution in [3.8, 4) is 62.4 Å². The van der Waals surface area contributed by atoms with Crippen molar-refractivity contribution < 1.29 is 77.6 Å². The summed E-state index contributed by atoms with van der Waals surface area (Å²) in [5.41, 5.74) is 15.3. The summed E-state index contributed by atoms with van der Waals surface area (Å²) in [5, 5.41) is 11.7. The first-order chi connectivity index (χ1) is 64.2. The van der Waals surface area contributed by atoms with Gasteiger partial charge in [-0.15, -0.1) is 0 Å². The fourth-order valence-corrected chi connectivity index (χ4v) is 18.3. The number of carbonyl (C=O) groups is 3. The third kappa shape index (κ3) is 23.1. The lowest BCUT2D eigenvalue weighted by molar-refractivity contribution is -0.150. The summed E-state index contributed by atoms with van der Waals surface area (Å²) in [6, 6.07) is 27.0. The Kier molecular flexibility index (Phi) is 31.1. The number of ether oxygens (including phenoxy) is 5. The number of amides is 3. The van der Waals surface area contributed by atoms with Crippen molar-refractivity contribution in [3.05, 3.63) is 243 Å². The highest BCUT2D eigenvalue weighted by Gasteiger charge is 2.39. The molecule has 3 fully saturated rings. The number of fused-ring (bicyclic) bond motifs is 3. The maximum Gasteiger partial charge on any atom is 0.401 e. The van der Waals surface area contributed by atoms with Gasteiger partial charge in [0, 0.05) is 221 Å². The van der Waals surface area contributed by atoms with E-state index in [9.17, 15) is 68.3 Å². The lowest BCUT2D eigenvalue weighted by Gasteiger charge is -2.39. The van der Waals surface area contributed by atoms with Crippen molar-refractivity contribution in [2.24, 2.45) is 0 Å². The predicted molar refractivity (Wildman–Crippen MR) is 495 cm³/mol. The number of hydrogen-bond donors (Lipinski definition) is 7. The van der Waals surface area contributed by atoms with Crippen LogP contribution in [0.3, 0.4) is 0 Å². The Morgan fingerprint density at radius 1 is 0.385 bits per heavy atom. The molecule has 0 aromatic carbocycles. The number of halogens is 9. The fraction of sp³-hybridized carbons (Fsp3) is 0.406. The van der Waals surface area contributed by atoms with Gasteiger partial charge in [-0.3, -0.25) is 58.2 Å². The molecule has 15 heterocycles. The Hall–Kier alpha value is -13.1. The molecule has 15 rings (SSSR count). The van der Waals surface area contributed by atoms with Crippen molar-refractivity contribution in [1.82, 2.24) is 88.5 Å². The number of methoxy groups -OCH3 is 5. The molecule has 7 N–H and O–H groups in total. The molecule has 0 spiro atoms. The fourth-order valence-electron chi connectivity index (χ4n) is 18.3. The molecule has 12 aromatic rings. The maximum absolute atomic E-state index is 13.8. The second-order valence-corrected chi connectivity index (χ2v) is 33.9. The van der Waals surface area contributed by atoms with Crippen molar-refractivity contribution >= 4 is 40.1 Å². The number of aromatic amines is 3. The quantitative estimate of drug-likeness (QED) is 0.0235. The molecule has 3 saturated heterocycles. The highest BCUT2D eigenvalue weighted by molar-refractivity contribution is 6.01. The number of alkyl halides is 9. The van der Waals surface area contributed by atoms with E-state index in [1.165, 1.54) is 50.2 Å². The van der Waals surface area contributed by atoms with Crippen LogP contribution in [0, 0.1) is 41.5 Å². The average molecular weight is 1880 g/mol. The van der Waals surface area contributed by atoms with Gasteiger partial charge in [0.15, 0.2) is 0 Å². The summed E-state index contributed by atoms with van der Waals surface area (Å²) in [7, 11) is 9.28. The number of aryl methyl sites for hydroxylation is 3. The molecule has 3 amide bonds. The van der Waals surface area contributed by atoms with Crippen molar-refractivity contribution in [2.45, 2.75) is 119 Å². The highest BCUT2D eigenvalue weighted by Crippen LogP contribution is 2.40. The Balaban J connectivity index is 0.000000171. The van der Waals surface area contributed by atoms with Crippen LogP contribution in [0.5, 0.6) is 29.0 Å². The molecule has 3 aliphatic rings. The normalized spacial score (nSPS) is 15.3. The third-order valence-corrected chi connectivity index (χ3v) is 25.2. The molecule has 0 aliphatic carbocycles.